The summed E-state index contributed by atoms with van der Waals surface area (Å²) >= 11 is 0. The fourth-order valence-electron chi connectivity index (χ4n) is 18.7. The van der Waals surface area contributed by atoms with Crippen molar-refractivity contribution in [3.8, 4) is 168 Å². The summed E-state index contributed by atoms with van der Waals surface area (Å²) in [6, 6.07) is 157. The van der Waals surface area contributed by atoms with Crippen LogP contribution in [0, 0.1) is 20.8 Å². The molecule has 0 saturated heterocycles. The molecule has 0 unspecified atom stereocenters. The number of aryl methyl sites for hydroxylation is 3. The standard InChI is InChI=1S/C42H31N3.C41H29N3.C40H27N3/c1-28-21-22-37(29(2)43-28)35-25-34(26-36(27-35)39-19-11-15-30-12-6-7-18-38(30)39)32-16-10-17-33(24-32)41-42(31-13-4-3-5-14-31)45-23-9-8-20-40(45)44-41;1-28-12-9-21-38(42-28)35-26-33(25-34(27-35)37-20-11-16-29-13-5-6-19-36(29)37)31-17-10-18-32(24-31)40-41(30-14-3-2-4-15-30)44-23-8-7-22-39(44)43-40;1-2-11-30(12-3-1)40-39(42-38-18-6-7-23-43(38)40)32-15-8-14-31(24-32)34-25-33(28-19-21-41-22-20-28)26-35(27-34)37-17-9-13-29-10-4-5-16-36(29)37/h3-27H,1-2H3;2-27H,1H3;1-27H. The van der Waals surface area contributed by atoms with E-state index in [2.05, 4.69) is 462 Å². The first-order chi connectivity index (χ1) is 65.1. The summed E-state index contributed by atoms with van der Waals surface area (Å²) in [5.41, 5.74) is 39.4. The molecule has 0 aliphatic heterocycles. The van der Waals surface area contributed by atoms with Crippen LogP contribution in [0.15, 0.2) is 474 Å². The van der Waals surface area contributed by atoms with Gasteiger partial charge in [0.25, 0.3) is 0 Å². The Hall–Kier alpha value is -17.4. The summed E-state index contributed by atoms with van der Waals surface area (Å²) in [7, 11) is 0. The number of fused-ring (bicyclic) bond motifs is 6. The van der Waals surface area contributed by atoms with E-state index in [0.717, 1.165) is 168 Å². The van der Waals surface area contributed by atoms with E-state index in [-0.39, 0.29) is 0 Å². The molecule has 0 radical (unpaired) electrons. The SMILES string of the molecule is Cc1ccc(-c2cc(-c3cccc(-c4nc5ccccn5c4-c4ccccc4)c3)cc(-c3cccc4ccccc34)c2)c(C)n1.Cc1cccc(-c2cc(-c3cccc(-c4nc5ccccn5c4-c4ccccc4)c3)cc(-c3cccc4ccccc34)c2)n1.c1ccc(-c2c(-c3cccc(-c4cc(-c5ccncc5)cc(-c5cccc6ccccc56)c4)c3)nc3ccccn23)cc1. The molecule has 9 nitrogen and oxygen atoms in total. The first-order valence-electron chi connectivity index (χ1n) is 44.7. The summed E-state index contributed by atoms with van der Waals surface area (Å²) in [5.74, 6) is 0. The number of hydrogen-bond acceptors (Lipinski definition) is 6. The second-order valence-corrected chi connectivity index (χ2v) is 33.5. The quantitative estimate of drug-likeness (QED) is 0.102. The van der Waals surface area contributed by atoms with Gasteiger partial charge >= 0.3 is 0 Å². The van der Waals surface area contributed by atoms with Gasteiger partial charge in [-0.3, -0.25) is 28.2 Å². The van der Waals surface area contributed by atoms with Gasteiger partial charge in [-0.25, -0.2) is 15.0 Å². The normalized spacial score (nSPS) is 11.3. The molecule has 0 N–H and O–H groups in total. The maximum atomic E-state index is 5.13. The highest BCUT2D eigenvalue weighted by Crippen LogP contribution is 2.45. The molecule has 15 aromatic carbocycles. The fourth-order valence-corrected chi connectivity index (χ4v) is 18.7. The van der Waals surface area contributed by atoms with E-state index in [9.17, 15) is 0 Å². The zero-order chi connectivity index (χ0) is 88.4. The molecule has 24 rings (SSSR count). The molecule has 9 heteroatoms. The van der Waals surface area contributed by atoms with Crippen molar-refractivity contribution in [1.82, 2.24) is 43.1 Å². The summed E-state index contributed by atoms with van der Waals surface area (Å²) < 4.78 is 6.55. The predicted molar refractivity (Wildman–Crippen MR) is 547 cm³/mol. The van der Waals surface area contributed by atoms with Crippen LogP contribution >= 0.6 is 0 Å². The maximum absolute atomic E-state index is 5.13. The lowest BCUT2D eigenvalue weighted by Gasteiger charge is -2.15. The van der Waals surface area contributed by atoms with Crippen molar-refractivity contribution >= 4 is 49.3 Å². The van der Waals surface area contributed by atoms with Crippen LogP contribution in [0.1, 0.15) is 17.1 Å². The Morgan fingerprint density at radius 3 is 0.879 bits per heavy atom. The fraction of sp³-hybridized carbons (Fsp3) is 0.0244. The van der Waals surface area contributed by atoms with Crippen LogP contribution in [0.25, 0.3) is 217 Å². The average molecular weight is 1690 g/mol. The number of imidazole rings is 3. The van der Waals surface area contributed by atoms with Gasteiger partial charge in [0.15, 0.2) is 0 Å². The van der Waals surface area contributed by atoms with Crippen LogP contribution in [0.4, 0.5) is 0 Å². The molecule has 24 aromatic rings. The molecule has 624 valence electrons. The third-order valence-corrected chi connectivity index (χ3v) is 25.0. The summed E-state index contributed by atoms with van der Waals surface area (Å²) in [6.07, 6.45) is 9.98. The minimum absolute atomic E-state index is 0.928. The van der Waals surface area contributed by atoms with E-state index in [4.69, 9.17) is 24.9 Å². The average Bonchev–Trinajstić information content (AvgIpc) is 1.68. The zero-order valence-electron chi connectivity index (χ0n) is 73.1. The summed E-state index contributed by atoms with van der Waals surface area (Å²) in [5, 5.41) is 7.42. The smallest absolute Gasteiger partial charge is 0.137 e. The number of hydrogen-bond donors (Lipinski definition) is 0. The van der Waals surface area contributed by atoms with E-state index in [1.165, 1.54) is 65.7 Å². The number of rotatable bonds is 15. The topological polar surface area (TPSA) is 90.6 Å². The minimum Gasteiger partial charge on any atom is -0.299 e. The lowest BCUT2D eigenvalue weighted by molar-refractivity contribution is 1.13. The van der Waals surface area contributed by atoms with Crippen molar-refractivity contribution in [2.75, 3.05) is 0 Å². The van der Waals surface area contributed by atoms with Gasteiger partial charge in [0, 0.05) is 92.6 Å². The van der Waals surface area contributed by atoms with Crippen molar-refractivity contribution in [3.05, 3.63) is 491 Å². The van der Waals surface area contributed by atoms with Gasteiger partial charge in [0.2, 0.25) is 0 Å². The molecule has 0 aliphatic carbocycles. The van der Waals surface area contributed by atoms with Gasteiger partial charge in [-0.1, -0.05) is 303 Å². The first kappa shape index (κ1) is 80.4. The molecular formula is C123H87N9. The Bertz CT molecular complexity index is 8420. The molecule has 9 aromatic heterocycles. The molecule has 0 saturated carbocycles. The first-order valence-corrected chi connectivity index (χ1v) is 44.7. The second kappa shape index (κ2) is 35.4. The van der Waals surface area contributed by atoms with Crippen molar-refractivity contribution in [1.29, 1.82) is 0 Å². The molecule has 0 atom stereocenters. The maximum Gasteiger partial charge on any atom is 0.137 e. The van der Waals surface area contributed by atoms with E-state index < -0.39 is 0 Å². The highest BCUT2D eigenvalue weighted by atomic mass is 15.0. The Balaban J connectivity index is 0.000000116. The Labute approximate surface area is 766 Å². The van der Waals surface area contributed by atoms with Gasteiger partial charge in [0.05, 0.1) is 39.9 Å². The number of nitrogens with zero attached hydrogens (tertiary/aromatic N) is 9. The molecular weight excluding hydrogens is 1600 g/mol. The molecule has 0 bridgehead atoms. The van der Waals surface area contributed by atoms with Gasteiger partial charge in [-0.2, -0.15) is 0 Å². The predicted octanol–water partition coefficient (Wildman–Crippen LogP) is 31.6. The van der Waals surface area contributed by atoms with Crippen molar-refractivity contribution < 1.29 is 0 Å². The monoisotopic (exact) mass is 1690 g/mol. The molecule has 132 heavy (non-hydrogen) atoms. The van der Waals surface area contributed by atoms with Crippen molar-refractivity contribution in [3.63, 3.8) is 0 Å². The van der Waals surface area contributed by atoms with Crippen LogP contribution in [0.5, 0.6) is 0 Å². The number of aromatic nitrogens is 9. The Morgan fingerprint density at radius 2 is 0.477 bits per heavy atom. The van der Waals surface area contributed by atoms with Crippen LogP contribution in [-0.4, -0.2) is 43.1 Å². The number of pyridine rings is 6. The van der Waals surface area contributed by atoms with Gasteiger partial charge in [-0.05, 0) is 276 Å². The summed E-state index contributed by atoms with van der Waals surface area (Å²) in [4.78, 5) is 29.3. The molecule has 0 amide bonds. The third kappa shape index (κ3) is 16.0. The summed E-state index contributed by atoms with van der Waals surface area (Å²) in [6.45, 7) is 6.19. The zero-order valence-corrected chi connectivity index (χ0v) is 73.1. The third-order valence-electron chi connectivity index (χ3n) is 25.0. The van der Waals surface area contributed by atoms with E-state index in [1.807, 2.05) is 50.5 Å². The minimum atomic E-state index is 0.928. The highest BCUT2D eigenvalue weighted by Gasteiger charge is 2.23. The van der Waals surface area contributed by atoms with Crippen molar-refractivity contribution in [2.45, 2.75) is 20.8 Å². The van der Waals surface area contributed by atoms with Gasteiger partial charge in [0.1, 0.15) is 16.9 Å². The highest BCUT2D eigenvalue weighted by molar-refractivity contribution is 6.02. The molecule has 0 fully saturated rings. The van der Waals surface area contributed by atoms with Crippen LogP contribution in [-0.2, 0) is 0 Å². The van der Waals surface area contributed by atoms with Crippen LogP contribution in [0.2, 0.25) is 0 Å². The molecule has 0 spiro atoms. The lowest BCUT2D eigenvalue weighted by Crippen LogP contribution is -1.93. The number of benzene rings is 15. The van der Waals surface area contributed by atoms with Crippen LogP contribution < -0.4 is 0 Å². The Morgan fingerprint density at radius 1 is 0.182 bits per heavy atom. The lowest BCUT2D eigenvalue weighted by atomic mass is 9.90. The Kier molecular flexibility index (Phi) is 21.6. The van der Waals surface area contributed by atoms with E-state index >= 15 is 0 Å². The molecule has 0 aliphatic rings. The largest absolute Gasteiger partial charge is 0.299 e. The van der Waals surface area contributed by atoms with Crippen molar-refractivity contribution in [2.24, 2.45) is 0 Å². The van der Waals surface area contributed by atoms with Gasteiger partial charge < -0.3 is 0 Å². The van der Waals surface area contributed by atoms with E-state index in [0.29, 0.717) is 0 Å². The van der Waals surface area contributed by atoms with Crippen LogP contribution in [0.3, 0.4) is 0 Å². The van der Waals surface area contributed by atoms with Gasteiger partial charge in [-0.15, -0.1) is 0 Å². The second-order valence-electron chi connectivity index (χ2n) is 33.5. The van der Waals surface area contributed by atoms with E-state index in [1.54, 1.807) is 0 Å². The molecule has 9 heterocycles.